The molecule has 112 valence electrons. The van der Waals surface area contributed by atoms with Crippen molar-refractivity contribution >= 4 is 6.09 Å². The fourth-order valence-electron chi connectivity index (χ4n) is 2.39. The molecular formula is C14H24N4O2. The van der Waals surface area contributed by atoms with Crippen LogP contribution in [0.25, 0.3) is 0 Å². The van der Waals surface area contributed by atoms with E-state index in [9.17, 15) is 4.79 Å². The third-order valence-electron chi connectivity index (χ3n) is 3.21. The zero-order valence-electron chi connectivity index (χ0n) is 12.9. The standard InChI is InChI=1S/C14H24N4O2/c1-10-8-17(5)16-12(10)11-9-18(7-6-15-11)13(19)20-14(2,3)4/h8,11,15H,6-7,9H2,1-5H3. The number of carbonyl (C=O) groups is 1. The number of hydrogen-bond acceptors (Lipinski definition) is 4. The lowest BCUT2D eigenvalue weighted by Gasteiger charge is -2.34. The Bertz CT molecular complexity index is 490. The van der Waals surface area contributed by atoms with Gasteiger partial charge in [-0.25, -0.2) is 4.79 Å². The molecule has 6 heteroatoms. The van der Waals surface area contributed by atoms with Crippen LogP contribution in [0.4, 0.5) is 4.79 Å². The fraction of sp³-hybridized carbons (Fsp3) is 0.714. The molecule has 0 spiro atoms. The van der Waals surface area contributed by atoms with Gasteiger partial charge in [0.05, 0.1) is 11.7 Å². The third-order valence-corrected chi connectivity index (χ3v) is 3.21. The van der Waals surface area contributed by atoms with Gasteiger partial charge in [-0.2, -0.15) is 5.10 Å². The molecule has 1 unspecified atom stereocenters. The molecule has 0 radical (unpaired) electrons. The van der Waals surface area contributed by atoms with E-state index >= 15 is 0 Å². The van der Waals surface area contributed by atoms with Crippen molar-refractivity contribution in [3.8, 4) is 0 Å². The number of amides is 1. The molecule has 1 aliphatic rings. The van der Waals surface area contributed by atoms with Crippen LogP contribution in [0.5, 0.6) is 0 Å². The van der Waals surface area contributed by atoms with E-state index in [1.807, 2.05) is 40.9 Å². The summed E-state index contributed by atoms with van der Waals surface area (Å²) in [6, 6.07) is 0.0671. The summed E-state index contributed by atoms with van der Waals surface area (Å²) in [6.07, 6.45) is 1.74. The van der Waals surface area contributed by atoms with Crippen LogP contribution in [0.2, 0.25) is 0 Å². The van der Waals surface area contributed by atoms with Gasteiger partial charge in [0.1, 0.15) is 5.60 Å². The third kappa shape index (κ3) is 3.50. The highest BCUT2D eigenvalue weighted by Crippen LogP contribution is 2.20. The highest BCUT2D eigenvalue weighted by atomic mass is 16.6. The van der Waals surface area contributed by atoms with E-state index < -0.39 is 5.60 Å². The average molecular weight is 280 g/mol. The summed E-state index contributed by atoms with van der Waals surface area (Å²) in [5.74, 6) is 0. The van der Waals surface area contributed by atoms with Gasteiger partial charge in [-0.1, -0.05) is 0 Å². The van der Waals surface area contributed by atoms with Crippen molar-refractivity contribution in [2.75, 3.05) is 19.6 Å². The number of nitrogens with one attached hydrogen (secondary N) is 1. The van der Waals surface area contributed by atoms with Gasteiger partial charge < -0.3 is 15.0 Å². The largest absolute Gasteiger partial charge is 0.444 e. The fourth-order valence-corrected chi connectivity index (χ4v) is 2.39. The second-order valence-electron chi connectivity index (χ2n) is 6.30. The average Bonchev–Trinajstić information content (AvgIpc) is 2.66. The molecule has 1 aromatic heterocycles. The molecule has 1 saturated heterocycles. The van der Waals surface area contributed by atoms with E-state index in [0.717, 1.165) is 17.8 Å². The lowest BCUT2D eigenvalue weighted by atomic mass is 10.1. The second kappa shape index (κ2) is 5.44. The number of nitrogens with zero attached hydrogens (tertiary/aromatic N) is 3. The summed E-state index contributed by atoms with van der Waals surface area (Å²) in [5, 5.41) is 7.89. The van der Waals surface area contributed by atoms with Crippen LogP contribution in [0, 0.1) is 6.92 Å². The first-order valence-electron chi connectivity index (χ1n) is 6.98. The lowest BCUT2D eigenvalue weighted by Crippen LogP contribution is -2.50. The van der Waals surface area contributed by atoms with Crippen LogP contribution in [0.1, 0.15) is 38.1 Å². The minimum absolute atomic E-state index is 0.0671. The summed E-state index contributed by atoms with van der Waals surface area (Å²) in [4.78, 5) is 13.9. The van der Waals surface area contributed by atoms with Crippen molar-refractivity contribution < 1.29 is 9.53 Å². The monoisotopic (exact) mass is 280 g/mol. The molecule has 1 aromatic rings. The molecular weight excluding hydrogens is 256 g/mol. The minimum atomic E-state index is -0.460. The van der Waals surface area contributed by atoms with Crippen molar-refractivity contribution in [1.29, 1.82) is 0 Å². The van der Waals surface area contributed by atoms with Gasteiger partial charge in [-0.05, 0) is 33.3 Å². The molecule has 2 heterocycles. The van der Waals surface area contributed by atoms with Crippen LogP contribution < -0.4 is 5.32 Å². The Morgan fingerprint density at radius 3 is 2.75 bits per heavy atom. The molecule has 1 fully saturated rings. The molecule has 1 atom stereocenters. The van der Waals surface area contributed by atoms with Gasteiger partial charge >= 0.3 is 6.09 Å². The summed E-state index contributed by atoms with van der Waals surface area (Å²) in [6.45, 7) is 9.69. The Hall–Kier alpha value is -1.56. The molecule has 0 saturated carbocycles. The number of rotatable bonds is 1. The predicted octanol–water partition coefficient (Wildman–Crippen LogP) is 1.61. The van der Waals surface area contributed by atoms with Crippen LogP contribution in [0.3, 0.4) is 0 Å². The minimum Gasteiger partial charge on any atom is -0.444 e. The van der Waals surface area contributed by atoms with Crippen molar-refractivity contribution in [1.82, 2.24) is 20.0 Å². The van der Waals surface area contributed by atoms with Crippen molar-refractivity contribution in [3.05, 3.63) is 17.5 Å². The maximum atomic E-state index is 12.1. The predicted molar refractivity (Wildman–Crippen MR) is 76.5 cm³/mol. The molecule has 1 amide bonds. The molecule has 0 aliphatic carbocycles. The molecule has 2 rings (SSSR count). The van der Waals surface area contributed by atoms with Gasteiger partial charge in [0.15, 0.2) is 0 Å². The van der Waals surface area contributed by atoms with Gasteiger partial charge in [0.2, 0.25) is 0 Å². The normalized spacial score (nSPS) is 20.1. The Balaban J connectivity index is 2.05. The summed E-state index contributed by atoms with van der Waals surface area (Å²) < 4.78 is 7.23. The van der Waals surface area contributed by atoms with Gasteiger partial charge in [0, 0.05) is 32.9 Å². The van der Waals surface area contributed by atoms with Crippen LogP contribution >= 0.6 is 0 Å². The summed E-state index contributed by atoms with van der Waals surface area (Å²) in [5.41, 5.74) is 1.68. The SMILES string of the molecule is Cc1cn(C)nc1C1CN(C(=O)OC(C)(C)C)CCN1. The molecule has 20 heavy (non-hydrogen) atoms. The number of carbonyl (C=O) groups excluding carboxylic acids is 1. The lowest BCUT2D eigenvalue weighted by molar-refractivity contribution is 0.0193. The quantitative estimate of drug-likeness (QED) is 0.849. The van der Waals surface area contributed by atoms with Crippen molar-refractivity contribution in [3.63, 3.8) is 0 Å². The van der Waals surface area contributed by atoms with E-state index in [1.165, 1.54) is 0 Å². The van der Waals surface area contributed by atoms with Gasteiger partial charge in [0.25, 0.3) is 0 Å². The van der Waals surface area contributed by atoms with E-state index in [1.54, 1.807) is 9.58 Å². The van der Waals surface area contributed by atoms with Crippen LogP contribution in [0.15, 0.2) is 6.20 Å². The summed E-state index contributed by atoms with van der Waals surface area (Å²) >= 11 is 0. The number of hydrogen-bond donors (Lipinski definition) is 1. The molecule has 6 nitrogen and oxygen atoms in total. The Morgan fingerprint density at radius 2 is 2.20 bits per heavy atom. The molecule has 1 aliphatic heterocycles. The van der Waals surface area contributed by atoms with Gasteiger partial charge in [-0.15, -0.1) is 0 Å². The van der Waals surface area contributed by atoms with Crippen LogP contribution in [-0.4, -0.2) is 46.0 Å². The second-order valence-corrected chi connectivity index (χ2v) is 6.30. The topological polar surface area (TPSA) is 59.4 Å². The van der Waals surface area contributed by atoms with Crippen molar-refractivity contribution in [2.24, 2.45) is 7.05 Å². The molecule has 0 aromatic carbocycles. The highest BCUT2D eigenvalue weighted by molar-refractivity contribution is 5.68. The van der Waals surface area contributed by atoms with E-state index in [2.05, 4.69) is 10.4 Å². The number of piperazine rings is 1. The maximum Gasteiger partial charge on any atom is 0.410 e. The summed E-state index contributed by atoms with van der Waals surface area (Å²) in [7, 11) is 1.91. The smallest absolute Gasteiger partial charge is 0.410 e. The molecule has 1 N–H and O–H groups in total. The first-order chi connectivity index (χ1) is 9.26. The highest BCUT2D eigenvalue weighted by Gasteiger charge is 2.29. The number of aryl methyl sites for hydroxylation is 2. The first-order valence-corrected chi connectivity index (χ1v) is 6.98. The zero-order chi connectivity index (χ0) is 14.9. The zero-order valence-corrected chi connectivity index (χ0v) is 12.9. The Kier molecular flexibility index (Phi) is 4.04. The van der Waals surface area contributed by atoms with Crippen LogP contribution in [-0.2, 0) is 11.8 Å². The molecule has 0 bridgehead atoms. The number of aromatic nitrogens is 2. The van der Waals surface area contributed by atoms with E-state index in [4.69, 9.17) is 4.74 Å². The first kappa shape index (κ1) is 14.8. The maximum absolute atomic E-state index is 12.1. The van der Waals surface area contributed by atoms with Crippen molar-refractivity contribution in [2.45, 2.75) is 39.3 Å². The van der Waals surface area contributed by atoms with E-state index in [0.29, 0.717) is 13.1 Å². The Morgan fingerprint density at radius 1 is 1.50 bits per heavy atom. The number of ether oxygens (including phenoxy) is 1. The Labute approximate surface area is 120 Å². The van der Waals surface area contributed by atoms with E-state index in [-0.39, 0.29) is 12.1 Å². The van der Waals surface area contributed by atoms with Gasteiger partial charge in [-0.3, -0.25) is 4.68 Å².